The summed E-state index contributed by atoms with van der Waals surface area (Å²) in [6.45, 7) is 8.93. The van der Waals surface area contributed by atoms with Crippen molar-refractivity contribution in [3.8, 4) is 0 Å². The number of rotatable bonds is 9. The molecule has 2 fully saturated rings. The second-order valence-electron chi connectivity index (χ2n) is 11.5. The van der Waals surface area contributed by atoms with Gasteiger partial charge >= 0.3 is 0 Å². The highest BCUT2D eigenvalue weighted by Gasteiger charge is 2.50. The van der Waals surface area contributed by atoms with Crippen LogP contribution in [0.15, 0.2) is 42.5 Å². The summed E-state index contributed by atoms with van der Waals surface area (Å²) in [5.41, 5.74) is 2.36. The van der Waals surface area contributed by atoms with E-state index in [2.05, 4.69) is 48.7 Å². The molecule has 6 nitrogen and oxygen atoms in total. The molecule has 1 aliphatic carbocycles. The molecule has 1 saturated heterocycles. The topological polar surface area (TPSA) is 81.7 Å². The highest BCUT2D eigenvalue weighted by molar-refractivity contribution is 5.73. The average Bonchev–Trinajstić information content (AvgIpc) is 3.38. The van der Waals surface area contributed by atoms with E-state index < -0.39 is 29.3 Å². The molecule has 8 heteroatoms. The van der Waals surface area contributed by atoms with E-state index in [-0.39, 0.29) is 24.8 Å². The summed E-state index contributed by atoms with van der Waals surface area (Å²) in [6.07, 6.45) is 0.751. The van der Waals surface area contributed by atoms with Gasteiger partial charge in [-0.15, -0.1) is 0 Å². The predicted octanol–water partition coefficient (Wildman–Crippen LogP) is 3.87. The predicted molar refractivity (Wildman–Crippen MR) is 142 cm³/mol. The first-order valence-electron chi connectivity index (χ1n) is 13.5. The van der Waals surface area contributed by atoms with Crippen LogP contribution in [0.4, 0.5) is 8.78 Å². The lowest BCUT2D eigenvalue weighted by Crippen LogP contribution is -2.52. The van der Waals surface area contributed by atoms with E-state index in [9.17, 15) is 23.5 Å². The molecule has 0 spiro atoms. The Bertz CT molecular complexity index is 1140. The van der Waals surface area contributed by atoms with Crippen molar-refractivity contribution in [2.75, 3.05) is 19.6 Å². The quantitative estimate of drug-likeness (QED) is 0.463. The van der Waals surface area contributed by atoms with Crippen LogP contribution < -0.4 is 10.6 Å². The van der Waals surface area contributed by atoms with Crippen molar-refractivity contribution < 1.29 is 23.5 Å². The number of aliphatic hydroxyl groups is 1. The number of fused-ring (bicyclic) bond motifs is 1. The van der Waals surface area contributed by atoms with Gasteiger partial charge in [0.1, 0.15) is 11.6 Å². The molecule has 4 unspecified atom stereocenters. The van der Waals surface area contributed by atoms with Gasteiger partial charge in [0.15, 0.2) is 0 Å². The second-order valence-corrected chi connectivity index (χ2v) is 11.5. The molecule has 4 rings (SSSR count). The molecule has 1 aliphatic heterocycles. The number of amides is 2. The van der Waals surface area contributed by atoms with E-state index in [0.29, 0.717) is 23.3 Å². The summed E-state index contributed by atoms with van der Waals surface area (Å²) >= 11 is 0. The fourth-order valence-corrected chi connectivity index (χ4v) is 6.28. The van der Waals surface area contributed by atoms with Gasteiger partial charge in [-0.3, -0.25) is 9.59 Å². The largest absolute Gasteiger partial charge is 0.390 e. The van der Waals surface area contributed by atoms with Crippen LogP contribution >= 0.6 is 0 Å². The number of nitrogens with one attached hydrogen (secondary N) is 2. The highest BCUT2D eigenvalue weighted by Crippen LogP contribution is 2.49. The molecule has 206 valence electrons. The normalized spacial score (nSPS) is 24.4. The van der Waals surface area contributed by atoms with Crippen molar-refractivity contribution in [2.45, 2.75) is 70.6 Å². The van der Waals surface area contributed by atoms with Crippen LogP contribution in [0.5, 0.6) is 0 Å². The minimum absolute atomic E-state index is 0.0891. The molecule has 3 N–H and O–H groups in total. The Hall–Kier alpha value is -2.84. The standard InChI is InChI=1S/C30H39F2N3O3/c1-18(2)22-6-5-7-25(11-22)30(13-23-16-35(20(4)37)17-24(23)14-30)33-15-29(38)28(34-19(3)36)10-21-8-26(31)12-27(32)9-21/h5-9,11-12,18,23-24,28-29,33,38H,10,13-17H2,1-4H3,(H,34,36). The zero-order valence-corrected chi connectivity index (χ0v) is 22.6. The van der Waals surface area contributed by atoms with Crippen molar-refractivity contribution in [1.82, 2.24) is 15.5 Å². The number of hydrogen-bond donors (Lipinski definition) is 3. The Kier molecular flexibility index (Phi) is 8.52. The molecule has 0 radical (unpaired) electrons. The van der Waals surface area contributed by atoms with Crippen LogP contribution in [0.1, 0.15) is 63.1 Å². The lowest BCUT2D eigenvalue weighted by molar-refractivity contribution is -0.128. The van der Waals surface area contributed by atoms with Gasteiger partial charge in [0.05, 0.1) is 12.1 Å². The Morgan fingerprint density at radius 3 is 2.24 bits per heavy atom. The SMILES string of the molecule is CC(=O)NC(Cc1cc(F)cc(F)c1)C(O)CNC1(c2cccc(C(C)C)c2)CC2CN(C(C)=O)CC2C1. The van der Waals surface area contributed by atoms with Crippen molar-refractivity contribution in [2.24, 2.45) is 11.8 Å². The maximum atomic E-state index is 13.8. The van der Waals surface area contributed by atoms with E-state index in [0.717, 1.165) is 37.6 Å². The summed E-state index contributed by atoms with van der Waals surface area (Å²) in [5, 5.41) is 17.6. The van der Waals surface area contributed by atoms with Crippen LogP contribution in [0, 0.1) is 23.5 Å². The first-order chi connectivity index (χ1) is 18.0. The fourth-order valence-electron chi connectivity index (χ4n) is 6.28. The van der Waals surface area contributed by atoms with Gasteiger partial charge in [-0.2, -0.15) is 0 Å². The summed E-state index contributed by atoms with van der Waals surface area (Å²) in [6, 6.07) is 11.0. The minimum Gasteiger partial charge on any atom is -0.390 e. The van der Waals surface area contributed by atoms with E-state index in [4.69, 9.17) is 0 Å². The molecular weight excluding hydrogens is 488 g/mol. The summed E-state index contributed by atoms with van der Waals surface area (Å²) in [7, 11) is 0. The smallest absolute Gasteiger partial charge is 0.219 e. The Morgan fingerprint density at radius 1 is 1.05 bits per heavy atom. The zero-order chi connectivity index (χ0) is 27.6. The van der Waals surface area contributed by atoms with Crippen molar-refractivity contribution in [1.29, 1.82) is 0 Å². The second kappa shape index (κ2) is 11.5. The first-order valence-corrected chi connectivity index (χ1v) is 13.5. The maximum Gasteiger partial charge on any atom is 0.219 e. The van der Waals surface area contributed by atoms with Crippen molar-refractivity contribution in [3.63, 3.8) is 0 Å². The molecule has 38 heavy (non-hydrogen) atoms. The first kappa shape index (κ1) is 28.2. The van der Waals surface area contributed by atoms with Gasteiger partial charge in [-0.25, -0.2) is 8.78 Å². The van der Waals surface area contributed by atoms with E-state index in [1.54, 1.807) is 6.92 Å². The Morgan fingerprint density at radius 2 is 1.68 bits per heavy atom. The van der Waals surface area contributed by atoms with Crippen LogP contribution in [0.3, 0.4) is 0 Å². The zero-order valence-electron chi connectivity index (χ0n) is 22.6. The number of hydrogen-bond acceptors (Lipinski definition) is 4. The van der Waals surface area contributed by atoms with Crippen LogP contribution in [-0.4, -0.2) is 53.6 Å². The molecule has 4 atom stereocenters. The molecule has 1 heterocycles. The minimum atomic E-state index is -0.996. The van der Waals surface area contributed by atoms with Gasteiger partial charge in [0.2, 0.25) is 11.8 Å². The summed E-state index contributed by atoms with van der Waals surface area (Å²) in [4.78, 5) is 25.8. The van der Waals surface area contributed by atoms with Gasteiger partial charge < -0.3 is 20.6 Å². The third-order valence-electron chi connectivity index (χ3n) is 8.23. The lowest BCUT2D eigenvalue weighted by atomic mass is 9.84. The average molecular weight is 528 g/mol. The number of carbonyl (C=O) groups excluding carboxylic acids is 2. The van der Waals surface area contributed by atoms with Crippen molar-refractivity contribution in [3.05, 3.63) is 70.8 Å². The van der Waals surface area contributed by atoms with Gasteiger partial charge in [0.25, 0.3) is 0 Å². The lowest BCUT2D eigenvalue weighted by Gasteiger charge is -2.36. The van der Waals surface area contributed by atoms with Crippen molar-refractivity contribution >= 4 is 11.8 Å². The summed E-state index contributed by atoms with van der Waals surface area (Å²) < 4.78 is 27.6. The molecule has 0 aromatic heterocycles. The molecule has 0 bridgehead atoms. The third-order valence-corrected chi connectivity index (χ3v) is 8.23. The van der Waals surface area contributed by atoms with E-state index in [1.807, 2.05) is 4.90 Å². The molecule has 2 amide bonds. The van der Waals surface area contributed by atoms with E-state index in [1.165, 1.54) is 24.6 Å². The monoisotopic (exact) mass is 527 g/mol. The maximum absolute atomic E-state index is 13.8. The van der Waals surface area contributed by atoms with Crippen LogP contribution in [0.2, 0.25) is 0 Å². The Labute approximate surface area is 223 Å². The van der Waals surface area contributed by atoms with Gasteiger partial charge in [-0.1, -0.05) is 38.1 Å². The van der Waals surface area contributed by atoms with Crippen LogP contribution in [-0.2, 0) is 21.5 Å². The van der Waals surface area contributed by atoms with Crippen LogP contribution in [0.25, 0.3) is 0 Å². The van der Waals surface area contributed by atoms with E-state index >= 15 is 0 Å². The molecular formula is C30H39F2N3O3. The Balaban J connectivity index is 1.56. The van der Waals surface area contributed by atoms with Gasteiger partial charge in [-0.05, 0) is 65.8 Å². The molecule has 2 aromatic rings. The number of carbonyl (C=O) groups is 2. The third kappa shape index (κ3) is 6.41. The molecule has 1 saturated carbocycles. The molecule has 2 aliphatic rings. The fraction of sp³-hybridized carbons (Fsp3) is 0.533. The number of likely N-dealkylation sites (tertiary alicyclic amines) is 1. The highest BCUT2D eigenvalue weighted by atomic mass is 19.1. The number of aliphatic hydroxyl groups excluding tert-OH is 1. The van der Waals surface area contributed by atoms with Gasteiger partial charge in [0, 0.05) is 45.1 Å². The number of nitrogens with zero attached hydrogens (tertiary/aromatic N) is 1. The summed E-state index contributed by atoms with van der Waals surface area (Å²) in [5.74, 6) is -0.555. The number of halogens is 2. The number of benzene rings is 2. The molecule has 2 aromatic carbocycles.